The van der Waals surface area contributed by atoms with Crippen molar-refractivity contribution in [2.45, 2.75) is 51.1 Å². The van der Waals surface area contributed by atoms with Crippen LogP contribution in [0.4, 0.5) is 5.69 Å². The molecule has 2 atom stereocenters. The molecular formula is C29H33N3O2. The molecule has 2 bridgehead atoms. The van der Waals surface area contributed by atoms with Crippen LogP contribution in [0.5, 0.6) is 0 Å². The molecule has 5 nitrogen and oxygen atoms in total. The number of rotatable bonds is 4. The van der Waals surface area contributed by atoms with E-state index in [1.165, 1.54) is 16.6 Å². The first kappa shape index (κ1) is 21.6. The summed E-state index contributed by atoms with van der Waals surface area (Å²) in [6.45, 7) is 5.39. The summed E-state index contributed by atoms with van der Waals surface area (Å²) in [5.74, 6) is 0.844. The highest BCUT2D eigenvalue weighted by Gasteiger charge is 2.43. The molecule has 1 aromatic heterocycles. The molecule has 3 aliphatic heterocycles. The minimum atomic E-state index is 0.228. The Kier molecular flexibility index (Phi) is 5.74. The number of fused-ring (bicyclic) bond motifs is 3. The maximum absolute atomic E-state index is 13.8. The van der Waals surface area contributed by atoms with E-state index in [1.807, 2.05) is 24.4 Å². The molecule has 1 amide bonds. The second-order valence-electron chi connectivity index (χ2n) is 10.2. The average Bonchev–Trinajstić information content (AvgIpc) is 3.14. The van der Waals surface area contributed by atoms with Crippen LogP contribution in [0.25, 0.3) is 10.9 Å². The Bertz CT molecular complexity index is 1190. The normalized spacial score (nSPS) is 24.6. The first-order valence-corrected chi connectivity index (χ1v) is 12.8. The third-order valence-corrected chi connectivity index (χ3v) is 8.12. The van der Waals surface area contributed by atoms with Crippen LogP contribution in [0, 0.1) is 12.8 Å². The number of aromatic nitrogens is 1. The van der Waals surface area contributed by atoms with Gasteiger partial charge in [-0.1, -0.05) is 24.3 Å². The van der Waals surface area contributed by atoms with Gasteiger partial charge in [-0.05, 0) is 80.3 Å². The topological polar surface area (TPSA) is 45.7 Å². The van der Waals surface area contributed by atoms with Crippen molar-refractivity contribution in [2.75, 3.05) is 31.2 Å². The van der Waals surface area contributed by atoms with Crippen molar-refractivity contribution < 1.29 is 9.53 Å². The van der Waals surface area contributed by atoms with Crippen LogP contribution < -0.4 is 4.90 Å². The van der Waals surface area contributed by atoms with Gasteiger partial charge in [0, 0.05) is 48.0 Å². The number of carbonyl (C=O) groups excluding carboxylic acids is 1. The van der Waals surface area contributed by atoms with Gasteiger partial charge in [0.2, 0.25) is 0 Å². The number of carbonyl (C=O) groups is 1. The SMILES string of the molecule is Cc1c(C(=O)N2C3CCC2CC(Cc2cnc4ccccc4c2)C3)cccc1N1CCOCC1. The number of ether oxygens (including phenoxy) is 1. The van der Waals surface area contributed by atoms with Crippen LogP contribution in [-0.4, -0.2) is 54.2 Å². The fraction of sp³-hybridized carbons (Fsp3) is 0.448. The Morgan fingerprint density at radius 1 is 1.03 bits per heavy atom. The minimum Gasteiger partial charge on any atom is -0.378 e. The molecule has 3 aliphatic rings. The summed E-state index contributed by atoms with van der Waals surface area (Å²) in [5, 5.41) is 1.21. The van der Waals surface area contributed by atoms with Crippen LogP contribution in [-0.2, 0) is 11.2 Å². The van der Waals surface area contributed by atoms with Crippen molar-refractivity contribution in [1.82, 2.24) is 9.88 Å². The van der Waals surface area contributed by atoms with E-state index in [9.17, 15) is 4.79 Å². The van der Waals surface area contributed by atoms with Gasteiger partial charge in [-0.2, -0.15) is 0 Å². The van der Waals surface area contributed by atoms with Crippen molar-refractivity contribution in [3.8, 4) is 0 Å². The van der Waals surface area contributed by atoms with Crippen LogP contribution in [0.3, 0.4) is 0 Å². The third-order valence-electron chi connectivity index (χ3n) is 8.12. The van der Waals surface area contributed by atoms with E-state index in [0.717, 1.165) is 75.1 Å². The first-order valence-electron chi connectivity index (χ1n) is 12.8. The Hall–Kier alpha value is -2.92. The Morgan fingerprint density at radius 3 is 2.59 bits per heavy atom. The molecule has 3 saturated heterocycles. The maximum Gasteiger partial charge on any atom is 0.254 e. The summed E-state index contributed by atoms with van der Waals surface area (Å²) >= 11 is 0. The van der Waals surface area contributed by atoms with Gasteiger partial charge in [0.1, 0.15) is 0 Å². The number of nitrogens with zero attached hydrogens (tertiary/aromatic N) is 3. The van der Waals surface area contributed by atoms with Gasteiger partial charge >= 0.3 is 0 Å². The lowest BCUT2D eigenvalue weighted by Crippen LogP contribution is -2.47. The highest BCUT2D eigenvalue weighted by Crippen LogP contribution is 2.41. The molecule has 34 heavy (non-hydrogen) atoms. The van der Waals surface area contributed by atoms with Crippen molar-refractivity contribution in [3.05, 3.63) is 71.4 Å². The summed E-state index contributed by atoms with van der Waals surface area (Å²) in [6, 6.07) is 17.6. The lowest BCUT2D eigenvalue weighted by Gasteiger charge is -2.39. The standard InChI is InChI=1S/C29H33N3O2/c1-20-26(6-4-8-28(20)31-11-13-34-14-12-31)29(33)32-24-9-10-25(32)18-21(17-24)15-22-16-23-5-2-3-7-27(23)30-19-22/h2-8,16,19,21,24-25H,9-15,17-18H2,1H3. The van der Waals surface area contributed by atoms with Gasteiger partial charge in [0.05, 0.1) is 18.7 Å². The molecule has 6 rings (SSSR count). The zero-order chi connectivity index (χ0) is 23.1. The molecule has 3 aromatic rings. The quantitative estimate of drug-likeness (QED) is 0.555. The maximum atomic E-state index is 13.8. The first-order chi connectivity index (χ1) is 16.7. The van der Waals surface area contributed by atoms with Gasteiger partial charge < -0.3 is 14.5 Å². The summed E-state index contributed by atoms with van der Waals surface area (Å²) in [5.41, 5.74) is 5.54. The number of anilines is 1. The third kappa shape index (κ3) is 3.96. The number of morpholine rings is 1. The second kappa shape index (κ2) is 9.03. The molecule has 2 unspecified atom stereocenters. The lowest BCUT2D eigenvalue weighted by atomic mass is 9.85. The van der Waals surface area contributed by atoms with Crippen molar-refractivity contribution in [1.29, 1.82) is 0 Å². The molecule has 4 heterocycles. The second-order valence-corrected chi connectivity index (χ2v) is 10.2. The summed E-state index contributed by atoms with van der Waals surface area (Å²) < 4.78 is 5.52. The van der Waals surface area contributed by atoms with Gasteiger partial charge in [-0.15, -0.1) is 0 Å². The van der Waals surface area contributed by atoms with E-state index in [2.05, 4.69) is 52.0 Å². The molecular weight excluding hydrogens is 422 g/mol. The zero-order valence-corrected chi connectivity index (χ0v) is 20.0. The van der Waals surface area contributed by atoms with Crippen LogP contribution in [0.1, 0.15) is 47.2 Å². The summed E-state index contributed by atoms with van der Waals surface area (Å²) in [6.07, 6.45) is 7.55. The Balaban J connectivity index is 1.18. The Morgan fingerprint density at radius 2 is 1.79 bits per heavy atom. The number of pyridine rings is 1. The smallest absolute Gasteiger partial charge is 0.254 e. The van der Waals surface area contributed by atoms with E-state index in [4.69, 9.17) is 4.74 Å². The molecule has 3 fully saturated rings. The highest BCUT2D eigenvalue weighted by atomic mass is 16.5. The molecule has 176 valence electrons. The largest absolute Gasteiger partial charge is 0.378 e. The molecule has 0 aliphatic carbocycles. The van der Waals surface area contributed by atoms with E-state index in [0.29, 0.717) is 18.0 Å². The van der Waals surface area contributed by atoms with E-state index >= 15 is 0 Å². The molecule has 5 heteroatoms. The summed E-state index contributed by atoms with van der Waals surface area (Å²) in [7, 11) is 0. The number of benzene rings is 2. The monoisotopic (exact) mass is 455 g/mol. The summed E-state index contributed by atoms with van der Waals surface area (Å²) in [4.78, 5) is 23.1. The molecule has 0 spiro atoms. The number of para-hydroxylation sites is 1. The van der Waals surface area contributed by atoms with E-state index in [-0.39, 0.29) is 5.91 Å². The van der Waals surface area contributed by atoms with E-state index in [1.54, 1.807) is 0 Å². The highest BCUT2D eigenvalue weighted by molar-refractivity contribution is 5.97. The van der Waals surface area contributed by atoms with Crippen molar-refractivity contribution in [3.63, 3.8) is 0 Å². The van der Waals surface area contributed by atoms with Gasteiger partial charge in [0.25, 0.3) is 5.91 Å². The number of hydrogen-bond donors (Lipinski definition) is 0. The van der Waals surface area contributed by atoms with Crippen LogP contribution in [0.15, 0.2) is 54.7 Å². The van der Waals surface area contributed by atoms with Gasteiger partial charge in [-0.3, -0.25) is 9.78 Å². The van der Waals surface area contributed by atoms with Crippen molar-refractivity contribution in [2.24, 2.45) is 5.92 Å². The molecule has 0 radical (unpaired) electrons. The van der Waals surface area contributed by atoms with E-state index < -0.39 is 0 Å². The number of amides is 1. The minimum absolute atomic E-state index is 0.228. The molecule has 0 saturated carbocycles. The predicted molar refractivity (Wildman–Crippen MR) is 135 cm³/mol. The number of hydrogen-bond acceptors (Lipinski definition) is 4. The predicted octanol–water partition coefficient (Wildman–Crippen LogP) is 5.01. The average molecular weight is 456 g/mol. The molecule has 2 aromatic carbocycles. The van der Waals surface area contributed by atoms with Crippen LogP contribution in [0.2, 0.25) is 0 Å². The molecule has 0 N–H and O–H groups in total. The fourth-order valence-electron chi connectivity index (χ4n) is 6.49. The van der Waals surface area contributed by atoms with Gasteiger partial charge in [-0.25, -0.2) is 0 Å². The van der Waals surface area contributed by atoms with Gasteiger partial charge in [0.15, 0.2) is 0 Å². The lowest BCUT2D eigenvalue weighted by molar-refractivity contribution is 0.0524. The zero-order valence-electron chi connectivity index (χ0n) is 20.0. The van der Waals surface area contributed by atoms with Crippen molar-refractivity contribution >= 4 is 22.5 Å². The fourth-order valence-corrected chi connectivity index (χ4v) is 6.49. The van der Waals surface area contributed by atoms with Crippen LogP contribution >= 0.6 is 0 Å². The number of piperidine rings is 1. The Labute approximate surface area is 201 Å².